The standard InChI is InChI=1S/C28H25Cl2F4N3O6/c1-3-40-22-11-23(42-36-22)37(13-41-26(39)15-4-5-15)25(38)18-7-6-16(8-14(18)2)21-12-27(43-35-21,28(32,33)34)17-9-19(29)24(31)20(30)10-17/h6-10,15,23H,3-5,11-13H2,1-2H3/t23?,27-/m0/s1. The van der Waals surface area contributed by atoms with Gasteiger partial charge in [-0.1, -0.05) is 34.4 Å². The van der Waals surface area contributed by atoms with Crippen LogP contribution in [0.4, 0.5) is 17.6 Å². The van der Waals surface area contributed by atoms with Crippen LogP contribution in [0.25, 0.3) is 0 Å². The molecular weight excluding hydrogens is 621 g/mol. The highest BCUT2D eigenvalue weighted by Crippen LogP contribution is 2.50. The van der Waals surface area contributed by atoms with E-state index in [2.05, 4.69) is 10.3 Å². The number of oxime groups is 2. The summed E-state index contributed by atoms with van der Waals surface area (Å²) in [6.45, 7) is 3.30. The van der Waals surface area contributed by atoms with Gasteiger partial charge in [0, 0.05) is 17.5 Å². The van der Waals surface area contributed by atoms with Gasteiger partial charge in [0.05, 0.1) is 34.7 Å². The maximum absolute atomic E-state index is 14.4. The van der Waals surface area contributed by atoms with E-state index in [4.69, 9.17) is 42.4 Å². The first-order valence-electron chi connectivity index (χ1n) is 13.3. The maximum Gasteiger partial charge on any atom is 0.435 e. The fourth-order valence-corrected chi connectivity index (χ4v) is 5.18. The van der Waals surface area contributed by atoms with Crippen molar-refractivity contribution in [3.63, 3.8) is 0 Å². The Morgan fingerprint density at radius 1 is 1.14 bits per heavy atom. The fourth-order valence-electron chi connectivity index (χ4n) is 4.69. The number of esters is 1. The molecule has 2 aromatic rings. The molecule has 1 aliphatic carbocycles. The van der Waals surface area contributed by atoms with Crippen LogP contribution in [-0.4, -0.2) is 54.1 Å². The molecule has 2 aromatic carbocycles. The Morgan fingerprint density at radius 3 is 2.44 bits per heavy atom. The first kappa shape index (κ1) is 30.9. The summed E-state index contributed by atoms with van der Waals surface area (Å²) in [6.07, 6.45) is -5.09. The molecule has 0 saturated heterocycles. The predicted octanol–water partition coefficient (Wildman–Crippen LogP) is 6.47. The van der Waals surface area contributed by atoms with Crippen molar-refractivity contribution in [3.05, 3.63) is 68.4 Å². The van der Waals surface area contributed by atoms with Crippen molar-refractivity contribution in [2.45, 2.75) is 57.5 Å². The van der Waals surface area contributed by atoms with Crippen LogP contribution in [0.3, 0.4) is 0 Å². The van der Waals surface area contributed by atoms with Gasteiger partial charge in [0.1, 0.15) is 0 Å². The summed E-state index contributed by atoms with van der Waals surface area (Å²) in [5.74, 6) is -1.96. The summed E-state index contributed by atoms with van der Waals surface area (Å²) < 4.78 is 67.9. The summed E-state index contributed by atoms with van der Waals surface area (Å²) >= 11 is 11.6. The Hall–Kier alpha value is -3.58. The molecule has 230 valence electrons. The number of alkyl halides is 3. The van der Waals surface area contributed by atoms with E-state index in [0.29, 0.717) is 12.2 Å². The van der Waals surface area contributed by atoms with Gasteiger partial charge in [0.25, 0.3) is 11.5 Å². The minimum Gasteiger partial charge on any atom is -0.479 e. The molecule has 1 amide bonds. The highest BCUT2D eigenvalue weighted by atomic mass is 35.5. The van der Waals surface area contributed by atoms with Gasteiger partial charge in [-0.2, -0.15) is 13.2 Å². The van der Waals surface area contributed by atoms with Gasteiger partial charge in [0.2, 0.25) is 12.1 Å². The molecule has 0 N–H and O–H groups in total. The van der Waals surface area contributed by atoms with Gasteiger partial charge in [-0.15, -0.1) is 0 Å². The number of carbonyl (C=O) groups is 2. The first-order valence-corrected chi connectivity index (χ1v) is 14.0. The van der Waals surface area contributed by atoms with Crippen LogP contribution in [0.5, 0.6) is 0 Å². The van der Waals surface area contributed by atoms with E-state index in [0.717, 1.165) is 25.0 Å². The SMILES string of the molecule is CCOC1=NOC(N(COC(=O)C2CC2)C(=O)c2ccc(C3=NO[C@@](c4cc(Cl)c(F)c(Cl)c4)(C(F)(F)F)C3)cc2C)C1. The van der Waals surface area contributed by atoms with Crippen molar-refractivity contribution in [2.75, 3.05) is 13.3 Å². The molecule has 1 fully saturated rings. The molecule has 43 heavy (non-hydrogen) atoms. The van der Waals surface area contributed by atoms with E-state index in [1.807, 2.05) is 0 Å². The van der Waals surface area contributed by atoms with E-state index in [1.165, 1.54) is 23.1 Å². The van der Waals surface area contributed by atoms with E-state index in [1.54, 1.807) is 13.8 Å². The van der Waals surface area contributed by atoms with Crippen LogP contribution >= 0.6 is 23.2 Å². The third kappa shape index (κ3) is 6.10. The average molecular weight is 646 g/mol. The molecule has 0 bridgehead atoms. The molecule has 0 radical (unpaired) electrons. The molecule has 2 heterocycles. The number of amides is 1. The number of nitrogens with zero attached hydrogens (tertiary/aromatic N) is 3. The van der Waals surface area contributed by atoms with Crippen molar-refractivity contribution in [1.29, 1.82) is 0 Å². The minimum atomic E-state index is -4.98. The van der Waals surface area contributed by atoms with Crippen LogP contribution in [0.15, 0.2) is 40.6 Å². The number of ether oxygens (including phenoxy) is 2. The van der Waals surface area contributed by atoms with Gasteiger partial charge in [-0.05, 0) is 67.2 Å². The average Bonchev–Trinajstić information content (AvgIpc) is 3.53. The highest BCUT2D eigenvalue weighted by Gasteiger charge is 2.62. The Kier molecular flexibility index (Phi) is 8.50. The van der Waals surface area contributed by atoms with Crippen molar-refractivity contribution >= 4 is 46.7 Å². The minimum absolute atomic E-state index is 0.0694. The van der Waals surface area contributed by atoms with Crippen LogP contribution in [0.2, 0.25) is 10.0 Å². The summed E-state index contributed by atoms with van der Waals surface area (Å²) in [7, 11) is 0. The number of carbonyl (C=O) groups excluding carboxylic acids is 2. The van der Waals surface area contributed by atoms with E-state index < -0.39 is 64.5 Å². The molecule has 15 heteroatoms. The molecule has 0 spiro atoms. The second-order valence-corrected chi connectivity index (χ2v) is 11.1. The van der Waals surface area contributed by atoms with E-state index >= 15 is 0 Å². The summed E-state index contributed by atoms with van der Waals surface area (Å²) in [5.41, 5.74) is -2.72. The topological polar surface area (TPSA) is 99.0 Å². The third-order valence-electron chi connectivity index (χ3n) is 7.23. The normalized spacial score (nSPS) is 21.4. The fraction of sp³-hybridized carbons (Fsp3) is 0.429. The lowest BCUT2D eigenvalue weighted by Crippen LogP contribution is -2.43. The first-order chi connectivity index (χ1) is 20.3. The zero-order valence-corrected chi connectivity index (χ0v) is 24.4. The summed E-state index contributed by atoms with van der Waals surface area (Å²) in [6, 6.07) is 5.93. The van der Waals surface area contributed by atoms with Crippen LogP contribution in [-0.2, 0) is 29.5 Å². The Labute approximate surface area is 253 Å². The number of halogens is 6. The Bertz CT molecular complexity index is 1490. The number of aryl methyl sites for hydroxylation is 1. The second kappa shape index (κ2) is 11.8. The smallest absolute Gasteiger partial charge is 0.435 e. The largest absolute Gasteiger partial charge is 0.479 e. The van der Waals surface area contributed by atoms with Gasteiger partial charge in [-0.25, -0.2) is 4.39 Å². The van der Waals surface area contributed by atoms with Crippen LogP contribution in [0.1, 0.15) is 59.7 Å². The third-order valence-corrected chi connectivity index (χ3v) is 7.78. The maximum atomic E-state index is 14.4. The summed E-state index contributed by atoms with van der Waals surface area (Å²) in [4.78, 5) is 37.4. The van der Waals surface area contributed by atoms with E-state index in [9.17, 15) is 27.2 Å². The molecule has 1 saturated carbocycles. The molecule has 9 nitrogen and oxygen atoms in total. The molecule has 1 unspecified atom stereocenters. The van der Waals surface area contributed by atoms with Crippen molar-refractivity contribution < 1.29 is 46.3 Å². The molecule has 2 aliphatic heterocycles. The number of hydrogen-bond donors (Lipinski definition) is 0. The number of rotatable bonds is 8. The van der Waals surface area contributed by atoms with Gasteiger partial charge < -0.3 is 19.1 Å². The Morgan fingerprint density at radius 2 is 1.84 bits per heavy atom. The van der Waals surface area contributed by atoms with E-state index in [-0.39, 0.29) is 35.1 Å². The van der Waals surface area contributed by atoms with Gasteiger partial charge in [0.15, 0.2) is 12.5 Å². The Balaban J connectivity index is 1.38. The lowest BCUT2D eigenvalue weighted by atomic mass is 9.86. The monoisotopic (exact) mass is 645 g/mol. The van der Waals surface area contributed by atoms with Gasteiger partial charge in [-0.3, -0.25) is 14.5 Å². The quantitative estimate of drug-likeness (QED) is 0.141. The zero-order valence-electron chi connectivity index (χ0n) is 22.8. The lowest BCUT2D eigenvalue weighted by Gasteiger charge is -2.29. The van der Waals surface area contributed by atoms with Gasteiger partial charge >= 0.3 is 12.1 Å². The second-order valence-electron chi connectivity index (χ2n) is 10.2. The highest BCUT2D eigenvalue weighted by molar-refractivity contribution is 6.35. The van der Waals surface area contributed by atoms with Crippen molar-refractivity contribution in [2.24, 2.45) is 16.2 Å². The predicted molar refractivity (Wildman–Crippen MR) is 146 cm³/mol. The molecule has 5 rings (SSSR count). The molecule has 0 aromatic heterocycles. The molecule has 2 atom stereocenters. The lowest BCUT2D eigenvalue weighted by molar-refractivity contribution is -0.275. The van der Waals surface area contributed by atoms with Crippen molar-refractivity contribution in [1.82, 2.24) is 4.90 Å². The van der Waals surface area contributed by atoms with Crippen LogP contribution in [0, 0.1) is 18.7 Å². The number of hydrogen-bond acceptors (Lipinski definition) is 8. The van der Waals surface area contributed by atoms with Crippen LogP contribution < -0.4 is 0 Å². The number of benzene rings is 2. The molecular formula is C28H25Cl2F4N3O6. The van der Waals surface area contributed by atoms with Crippen molar-refractivity contribution in [3.8, 4) is 0 Å². The zero-order chi connectivity index (χ0) is 31.1. The summed E-state index contributed by atoms with van der Waals surface area (Å²) in [5, 5.41) is 6.36. The molecule has 3 aliphatic rings.